The second-order valence-electron chi connectivity index (χ2n) is 3.88. The molecule has 1 aliphatic heterocycles. The Labute approximate surface area is 63.4 Å². The summed E-state index contributed by atoms with van der Waals surface area (Å²) in [5.74, 6) is 1.07. The number of hydrogen-bond acceptors (Lipinski definition) is 1. The maximum Gasteiger partial charge on any atom is 0.0121 e. The quantitative estimate of drug-likeness (QED) is 0.495. The first-order valence-corrected chi connectivity index (χ1v) is 4.58. The second-order valence-corrected chi connectivity index (χ2v) is 3.88. The highest BCUT2D eigenvalue weighted by molar-refractivity contribution is 4.87. The van der Waals surface area contributed by atoms with Crippen LogP contribution in [0.4, 0.5) is 0 Å². The Kier molecular flexibility index (Phi) is 1.69. The largest absolute Gasteiger partial charge is 0.303 e. The number of hydrogen-bond donors (Lipinski definition) is 0. The smallest absolute Gasteiger partial charge is 0.0121 e. The van der Waals surface area contributed by atoms with Gasteiger partial charge in [0.15, 0.2) is 0 Å². The first-order valence-electron chi connectivity index (χ1n) is 4.58. The summed E-state index contributed by atoms with van der Waals surface area (Å²) in [4.78, 5) is 2.56. The zero-order chi connectivity index (χ0) is 6.97. The van der Waals surface area contributed by atoms with E-state index in [1.54, 1.807) is 0 Å². The summed E-state index contributed by atoms with van der Waals surface area (Å²) in [7, 11) is 2.29. The van der Waals surface area contributed by atoms with Crippen molar-refractivity contribution in [1.29, 1.82) is 0 Å². The molecule has 0 bridgehead atoms. The van der Waals surface area contributed by atoms with Crippen LogP contribution < -0.4 is 0 Å². The van der Waals surface area contributed by atoms with Gasteiger partial charge in [0.1, 0.15) is 0 Å². The molecule has 0 radical (unpaired) electrons. The summed E-state index contributed by atoms with van der Waals surface area (Å²) >= 11 is 0. The molecule has 2 fully saturated rings. The summed E-state index contributed by atoms with van der Waals surface area (Å²) in [6.45, 7) is 1.36. The monoisotopic (exact) mass is 139 g/mol. The molecule has 1 saturated carbocycles. The van der Waals surface area contributed by atoms with Gasteiger partial charge in [-0.15, -0.1) is 0 Å². The van der Waals surface area contributed by atoms with Crippen molar-refractivity contribution in [3.05, 3.63) is 0 Å². The van der Waals surface area contributed by atoms with Gasteiger partial charge in [-0.3, -0.25) is 0 Å². The van der Waals surface area contributed by atoms with Gasteiger partial charge in [0.05, 0.1) is 0 Å². The Morgan fingerprint density at radius 2 is 1.90 bits per heavy atom. The molecule has 0 N–H and O–H groups in total. The van der Waals surface area contributed by atoms with Crippen molar-refractivity contribution in [1.82, 2.24) is 4.90 Å². The van der Waals surface area contributed by atoms with Gasteiger partial charge in [-0.1, -0.05) is 12.8 Å². The molecule has 2 atom stereocenters. The predicted octanol–water partition coefficient (Wildman–Crippen LogP) is 1.88. The third-order valence-corrected chi connectivity index (χ3v) is 3.29. The Morgan fingerprint density at radius 1 is 1.10 bits per heavy atom. The first kappa shape index (κ1) is 6.66. The van der Waals surface area contributed by atoms with E-state index in [0.29, 0.717) is 0 Å². The minimum Gasteiger partial charge on any atom is -0.303 e. The minimum atomic E-state index is 0.966. The lowest BCUT2D eigenvalue weighted by molar-refractivity contribution is 0.215. The lowest BCUT2D eigenvalue weighted by Crippen LogP contribution is -2.31. The average Bonchev–Trinajstić information content (AvgIpc) is 2.34. The molecule has 1 aliphatic carbocycles. The van der Waals surface area contributed by atoms with Crippen molar-refractivity contribution < 1.29 is 0 Å². The molecule has 1 saturated heterocycles. The molecule has 0 unspecified atom stereocenters. The van der Waals surface area contributed by atoms with Crippen LogP contribution in [-0.2, 0) is 0 Å². The molecule has 10 heavy (non-hydrogen) atoms. The van der Waals surface area contributed by atoms with E-state index >= 15 is 0 Å². The van der Waals surface area contributed by atoms with Crippen LogP contribution in [-0.4, -0.2) is 24.5 Å². The van der Waals surface area contributed by atoms with Gasteiger partial charge in [-0.25, -0.2) is 0 Å². The third kappa shape index (κ3) is 0.968. The van der Waals surface area contributed by atoms with Crippen LogP contribution in [0.3, 0.4) is 0 Å². The molecule has 2 aliphatic rings. The number of fused-ring (bicyclic) bond motifs is 1. The van der Waals surface area contributed by atoms with Crippen molar-refractivity contribution in [2.45, 2.75) is 38.1 Å². The van der Waals surface area contributed by atoms with Crippen LogP contribution in [0, 0.1) is 5.92 Å². The first-order chi connectivity index (χ1) is 4.88. The molecule has 2 rings (SSSR count). The van der Waals surface area contributed by atoms with Gasteiger partial charge in [0.2, 0.25) is 0 Å². The predicted molar refractivity (Wildman–Crippen MR) is 43.0 cm³/mol. The minimum absolute atomic E-state index is 0.966. The fourth-order valence-electron chi connectivity index (χ4n) is 2.64. The number of likely N-dealkylation sites (tertiary alicyclic amines) is 1. The maximum absolute atomic E-state index is 2.56. The van der Waals surface area contributed by atoms with Crippen LogP contribution in [0.5, 0.6) is 0 Å². The highest BCUT2D eigenvalue weighted by Gasteiger charge is 2.32. The van der Waals surface area contributed by atoms with Gasteiger partial charge >= 0.3 is 0 Å². The Balaban J connectivity index is 2.01. The van der Waals surface area contributed by atoms with Crippen LogP contribution in [0.25, 0.3) is 0 Å². The lowest BCUT2D eigenvalue weighted by Gasteiger charge is -2.28. The van der Waals surface area contributed by atoms with Gasteiger partial charge in [-0.05, 0) is 38.8 Å². The van der Waals surface area contributed by atoms with E-state index in [4.69, 9.17) is 0 Å². The zero-order valence-corrected chi connectivity index (χ0v) is 6.84. The van der Waals surface area contributed by atoms with Gasteiger partial charge in [0.25, 0.3) is 0 Å². The van der Waals surface area contributed by atoms with Crippen LogP contribution in [0.15, 0.2) is 0 Å². The van der Waals surface area contributed by atoms with Gasteiger partial charge in [-0.2, -0.15) is 0 Å². The van der Waals surface area contributed by atoms with Crippen LogP contribution in [0.1, 0.15) is 32.1 Å². The zero-order valence-electron chi connectivity index (χ0n) is 6.84. The van der Waals surface area contributed by atoms with Crippen molar-refractivity contribution in [2.24, 2.45) is 5.92 Å². The standard InChI is InChI=1S/C9H17N/c1-10-7-6-8-4-2-3-5-9(8)10/h8-9H,2-7H2,1H3/t8-,9+/m0/s1. The van der Waals surface area contributed by atoms with E-state index in [2.05, 4.69) is 11.9 Å². The van der Waals surface area contributed by atoms with E-state index in [9.17, 15) is 0 Å². The fraction of sp³-hybridized carbons (Fsp3) is 1.00. The Hall–Kier alpha value is -0.0400. The highest BCUT2D eigenvalue weighted by atomic mass is 15.2. The van der Waals surface area contributed by atoms with E-state index in [0.717, 1.165) is 12.0 Å². The van der Waals surface area contributed by atoms with E-state index in [1.165, 1.54) is 38.6 Å². The fourth-order valence-corrected chi connectivity index (χ4v) is 2.64. The summed E-state index contributed by atoms with van der Waals surface area (Å²) < 4.78 is 0. The molecule has 0 aromatic carbocycles. The Morgan fingerprint density at radius 3 is 2.70 bits per heavy atom. The van der Waals surface area contributed by atoms with E-state index in [1.807, 2.05) is 0 Å². The summed E-state index contributed by atoms with van der Waals surface area (Å²) in [6, 6.07) is 0.966. The van der Waals surface area contributed by atoms with Crippen molar-refractivity contribution in [2.75, 3.05) is 13.6 Å². The van der Waals surface area contributed by atoms with Crippen molar-refractivity contribution in [3.8, 4) is 0 Å². The van der Waals surface area contributed by atoms with Gasteiger partial charge < -0.3 is 4.90 Å². The molecule has 0 spiro atoms. The number of nitrogens with zero attached hydrogens (tertiary/aromatic N) is 1. The number of rotatable bonds is 0. The van der Waals surface area contributed by atoms with E-state index in [-0.39, 0.29) is 0 Å². The molecule has 0 aromatic heterocycles. The topological polar surface area (TPSA) is 3.24 Å². The SMILES string of the molecule is CN1CC[C@@H]2CCCC[C@H]21. The Bertz CT molecular complexity index is 120. The summed E-state index contributed by atoms with van der Waals surface area (Å²) in [6.07, 6.45) is 7.43. The molecule has 0 aromatic rings. The summed E-state index contributed by atoms with van der Waals surface area (Å²) in [5, 5.41) is 0. The van der Waals surface area contributed by atoms with Crippen LogP contribution >= 0.6 is 0 Å². The van der Waals surface area contributed by atoms with Crippen molar-refractivity contribution in [3.63, 3.8) is 0 Å². The van der Waals surface area contributed by atoms with E-state index < -0.39 is 0 Å². The molecular formula is C9H17N. The van der Waals surface area contributed by atoms with Crippen LogP contribution in [0.2, 0.25) is 0 Å². The third-order valence-electron chi connectivity index (χ3n) is 3.29. The second kappa shape index (κ2) is 2.54. The maximum atomic E-state index is 2.56. The molecular weight excluding hydrogens is 122 g/mol. The normalized spacial score (nSPS) is 41.7. The average molecular weight is 139 g/mol. The molecule has 1 heteroatoms. The molecule has 58 valence electrons. The molecule has 1 heterocycles. The molecule has 0 amide bonds. The van der Waals surface area contributed by atoms with Crippen molar-refractivity contribution >= 4 is 0 Å². The lowest BCUT2D eigenvalue weighted by atomic mass is 9.85. The van der Waals surface area contributed by atoms with Gasteiger partial charge in [0, 0.05) is 6.04 Å². The summed E-state index contributed by atoms with van der Waals surface area (Å²) in [5.41, 5.74) is 0. The highest BCUT2D eigenvalue weighted by Crippen LogP contribution is 2.34. The molecule has 1 nitrogen and oxygen atoms in total.